The number of hydrogen-bond acceptors (Lipinski definition) is 6. The number of benzene rings is 1. The van der Waals surface area contributed by atoms with Crippen molar-refractivity contribution in [3.05, 3.63) is 72.6 Å². The van der Waals surface area contributed by atoms with Crippen LogP contribution in [0.25, 0.3) is 0 Å². The third-order valence-corrected chi connectivity index (χ3v) is 5.31. The summed E-state index contributed by atoms with van der Waals surface area (Å²) in [7, 11) is 0. The highest BCUT2D eigenvalue weighted by molar-refractivity contribution is 5.70. The minimum Gasteiger partial charge on any atom is -0.493 e. The molecule has 1 amide bonds. The molecule has 8 heteroatoms. The second-order valence-electron chi connectivity index (χ2n) is 7.43. The Balaban J connectivity index is 1.16. The number of piperazine rings is 1. The van der Waals surface area contributed by atoms with Crippen LogP contribution in [-0.4, -0.2) is 70.2 Å². The number of amides is 1. The first-order valence-electron chi connectivity index (χ1n) is 10.5. The molecule has 162 valence electrons. The summed E-state index contributed by atoms with van der Waals surface area (Å²) in [6, 6.07) is 11.3. The van der Waals surface area contributed by atoms with Crippen molar-refractivity contribution in [1.29, 1.82) is 0 Å². The van der Waals surface area contributed by atoms with Gasteiger partial charge in [0.25, 0.3) is 0 Å². The van der Waals surface area contributed by atoms with Crippen LogP contribution in [0.5, 0.6) is 11.5 Å². The van der Waals surface area contributed by atoms with Gasteiger partial charge in [-0.05, 0) is 29.8 Å². The minimum absolute atomic E-state index is 0.291. The Kier molecular flexibility index (Phi) is 7.12. The van der Waals surface area contributed by atoms with Crippen LogP contribution in [0.2, 0.25) is 0 Å². The van der Waals surface area contributed by atoms with Gasteiger partial charge in [-0.3, -0.25) is 9.88 Å². The van der Waals surface area contributed by atoms with Gasteiger partial charge < -0.3 is 19.4 Å². The van der Waals surface area contributed by atoms with Crippen molar-refractivity contribution in [2.45, 2.75) is 12.8 Å². The fourth-order valence-electron chi connectivity index (χ4n) is 3.47. The summed E-state index contributed by atoms with van der Waals surface area (Å²) < 4.78 is 11.2. The molecule has 1 saturated heterocycles. The lowest BCUT2D eigenvalue weighted by Gasteiger charge is -2.33. The molecule has 1 fully saturated rings. The quantitative estimate of drug-likeness (QED) is 0.602. The Morgan fingerprint density at radius 2 is 1.74 bits per heavy atom. The second-order valence-corrected chi connectivity index (χ2v) is 7.43. The molecule has 0 saturated carbocycles. The summed E-state index contributed by atoms with van der Waals surface area (Å²) in [5.74, 6) is 1.37. The molecule has 2 aromatic heterocycles. The number of rotatable bonds is 8. The molecular weight excluding hydrogens is 394 g/mol. The smallest absolute Gasteiger partial charge is 0.415 e. The van der Waals surface area contributed by atoms with Crippen molar-refractivity contribution in [1.82, 2.24) is 24.8 Å². The number of nitrogens with zero attached hydrogens (tertiary/aromatic N) is 4. The van der Waals surface area contributed by atoms with Crippen LogP contribution >= 0.6 is 0 Å². The van der Waals surface area contributed by atoms with E-state index in [0.29, 0.717) is 25.4 Å². The van der Waals surface area contributed by atoms with Crippen molar-refractivity contribution in [3.63, 3.8) is 0 Å². The number of pyridine rings is 1. The Bertz CT molecular complexity index is 924. The van der Waals surface area contributed by atoms with Gasteiger partial charge in [0, 0.05) is 64.2 Å². The van der Waals surface area contributed by atoms with Crippen LogP contribution in [0, 0.1) is 0 Å². The van der Waals surface area contributed by atoms with Crippen molar-refractivity contribution in [2.75, 3.05) is 39.3 Å². The van der Waals surface area contributed by atoms with Gasteiger partial charge in [0.1, 0.15) is 11.5 Å². The first-order valence-corrected chi connectivity index (χ1v) is 10.5. The maximum absolute atomic E-state index is 12.5. The zero-order valence-electron chi connectivity index (χ0n) is 17.4. The third kappa shape index (κ3) is 6.29. The lowest BCUT2D eigenvalue weighted by Crippen LogP contribution is -2.49. The molecule has 4 rings (SSSR count). The highest BCUT2D eigenvalue weighted by Gasteiger charge is 2.22. The number of aromatic amines is 1. The molecule has 0 unspecified atom stereocenters. The van der Waals surface area contributed by atoms with Crippen molar-refractivity contribution in [2.24, 2.45) is 0 Å². The number of aromatic nitrogens is 3. The molecule has 1 aliphatic rings. The summed E-state index contributed by atoms with van der Waals surface area (Å²) in [5, 5.41) is 0. The van der Waals surface area contributed by atoms with E-state index in [9.17, 15) is 4.79 Å². The summed E-state index contributed by atoms with van der Waals surface area (Å²) in [4.78, 5) is 27.8. The van der Waals surface area contributed by atoms with E-state index in [1.54, 1.807) is 23.6 Å². The lowest BCUT2D eigenvalue weighted by atomic mass is 10.1. The molecule has 0 aliphatic carbocycles. The van der Waals surface area contributed by atoms with Crippen LogP contribution in [0.4, 0.5) is 4.79 Å². The van der Waals surface area contributed by atoms with Crippen LogP contribution in [0.1, 0.15) is 11.3 Å². The molecule has 31 heavy (non-hydrogen) atoms. The number of ether oxygens (including phenoxy) is 2. The van der Waals surface area contributed by atoms with Gasteiger partial charge in [-0.15, -0.1) is 0 Å². The van der Waals surface area contributed by atoms with Crippen LogP contribution < -0.4 is 9.47 Å². The van der Waals surface area contributed by atoms with Crippen molar-refractivity contribution in [3.8, 4) is 11.5 Å². The number of carbonyl (C=O) groups excluding carboxylic acids is 1. The molecule has 1 aromatic carbocycles. The molecular formula is C23H27N5O3. The molecule has 8 nitrogen and oxygen atoms in total. The molecule has 1 N–H and O–H groups in total. The van der Waals surface area contributed by atoms with E-state index < -0.39 is 0 Å². The fraction of sp³-hybridized carbons (Fsp3) is 0.348. The molecule has 0 spiro atoms. The standard InChI is InChI=1S/C23H27N5O3/c29-23(28-14-12-27(13-15-28)11-7-20-17-25-18-26-20)31-22-3-1-19(2-4-22)8-16-30-21-5-9-24-10-6-21/h1-6,9-10,17-18H,7-8,11-16H2,(H,25,26). The summed E-state index contributed by atoms with van der Waals surface area (Å²) in [5.41, 5.74) is 2.19. The molecule has 0 atom stereocenters. The first kappa shape index (κ1) is 20.9. The highest BCUT2D eigenvalue weighted by atomic mass is 16.6. The van der Waals surface area contributed by atoms with Crippen molar-refractivity contribution < 1.29 is 14.3 Å². The van der Waals surface area contributed by atoms with E-state index >= 15 is 0 Å². The Hall–Kier alpha value is -3.39. The topological polar surface area (TPSA) is 83.6 Å². The molecule has 0 radical (unpaired) electrons. The monoisotopic (exact) mass is 421 g/mol. The average molecular weight is 422 g/mol. The summed E-state index contributed by atoms with van der Waals surface area (Å²) >= 11 is 0. The van der Waals surface area contributed by atoms with Crippen molar-refractivity contribution >= 4 is 6.09 Å². The fourth-order valence-corrected chi connectivity index (χ4v) is 3.47. The van der Waals surface area contributed by atoms with Crippen LogP contribution in [0.3, 0.4) is 0 Å². The van der Waals surface area contributed by atoms with E-state index in [1.165, 1.54) is 0 Å². The predicted molar refractivity (Wildman–Crippen MR) is 116 cm³/mol. The minimum atomic E-state index is -0.291. The van der Waals surface area contributed by atoms with Crippen LogP contribution in [0.15, 0.2) is 61.3 Å². The first-order chi connectivity index (χ1) is 15.3. The van der Waals surface area contributed by atoms with Gasteiger partial charge in [0.2, 0.25) is 0 Å². The van der Waals surface area contributed by atoms with E-state index in [4.69, 9.17) is 9.47 Å². The number of hydrogen-bond donors (Lipinski definition) is 1. The van der Waals surface area contributed by atoms with E-state index in [0.717, 1.165) is 49.5 Å². The van der Waals surface area contributed by atoms with Gasteiger partial charge in [0.05, 0.1) is 18.6 Å². The van der Waals surface area contributed by atoms with E-state index in [-0.39, 0.29) is 6.09 Å². The highest BCUT2D eigenvalue weighted by Crippen LogP contribution is 2.15. The Morgan fingerprint density at radius 3 is 2.45 bits per heavy atom. The van der Waals surface area contributed by atoms with Gasteiger partial charge in [0.15, 0.2) is 0 Å². The SMILES string of the molecule is O=C(Oc1ccc(CCOc2ccncc2)cc1)N1CCN(CCc2c[nH]cn2)CC1. The largest absolute Gasteiger partial charge is 0.493 e. The number of H-pyrrole nitrogens is 1. The Morgan fingerprint density at radius 1 is 0.968 bits per heavy atom. The average Bonchev–Trinajstić information content (AvgIpc) is 3.34. The zero-order chi connectivity index (χ0) is 21.3. The summed E-state index contributed by atoms with van der Waals surface area (Å²) in [6.45, 7) is 4.55. The second kappa shape index (κ2) is 10.6. The van der Waals surface area contributed by atoms with Gasteiger partial charge in [-0.25, -0.2) is 9.78 Å². The predicted octanol–water partition coefficient (Wildman–Crippen LogP) is 2.79. The molecule has 3 aromatic rings. The maximum atomic E-state index is 12.5. The normalized spacial score (nSPS) is 14.4. The Labute approximate surface area is 181 Å². The lowest BCUT2D eigenvalue weighted by molar-refractivity contribution is 0.111. The maximum Gasteiger partial charge on any atom is 0.415 e. The molecule has 3 heterocycles. The number of imidazole rings is 1. The van der Waals surface area contributed by atoms with Gasteiger partial charge >= 0.3 is 6.09 Å². The third-order valence-electron chi connectivity index (χ3n) is 5.31. The van der Waals surface area contributed by atoms with Gasteiger partial charge in [-0.2, -0.15) is 0 Å². The van der Waals surface area contributed by atoms with E-state index in [2.05, 4.69) is 19.9 Å². The molecule has 1 aliphatic heterocycles. The van der Waals surface area contributed by atoms with Gasteiger partial charge in [-0.1, -0.05) is 12.1 Å². The van der Waals surface area contributed by atoms with E-state index in [1.807, 2.05) is 42.6 Å². The zero-order valence-corrected chi connectivity index (χ0v) is 17.4. The number of nitrogens with one attached hydrogen (secondary N) is 1. The summed E-state index contributed by atoms with van der Waals surface area (Å²) in [6.07, 6.45) is 8.43. The van der Waals surface area contributed by atoms with Crippen LogP contribution in [-0.2, 0) is 12.8 Å². The molecule has 0 bridgehead atoms. The number of carbonyl (C=O) groups is 1.